The number of ether oxygens (including phenoxy) is 1. The topological polar surface area (TPSA) is 81.7 Å². The van der Waals surface area contributed by atoms with Crippen molar-refractivity contribution in [3.05, 3.63) is 0 Å². The molecule has 0 amide bonds. The Morgan fingerprint density at radius 2 is 0.962 bits per heavy atom. The van der Waals surface area contributed by atoms with Crippen molar-refractivity contribution >= 4 is 93.5 Å². The molecule has 0 radical (unpaired) electrons. The van der Waals surface area contributed by atoms with E-state index in [4.69, 9.17) is 67.7 Å². The lowest BCUT2D eigenvalue weighted by Gasteiger charge is -2.31. The van der Waals surface area contributed by atoms with Gasteiger partial charge in [0.1, 0.15) is 12.2 Å². The number of rotatable bonds is 31. The number of carbonyl (C=O) groups is 1. The van der Waals surface area contributed by atoms with Crippen molar-refractivity contribution in [3.63, 3.8) is 0 Å². The lowest BCUT2D eigenvalue weighted by atomic mass is 10.1. The molecule has 0 heterocycles. The molecule has 0 aromatic rings. The maximum Gasteiger partial charge on any atom is 0.393 e. The molecule has 0 fully saturated rings. The number of thiol groups is 1. The van der Waals surface area contributed by atoms with Gasteiger partial charge in [-0.15, -0.1) is 0 Å². The number of carbonyl (C=O) groups excluding carboxylic acids is 1. The van der Waals surface area contributed by atoms with Crippen LogP contribution in [-0.4, -0.2) is 66.5 Å². The van der Waals surface area contributed by atoms with Crippen molar-refractivity contribution in [1.29, 1.82) is 0 Å². The molecule has 8 nitrogen and oxygen atoms in total. The van der Waals surface area contributed by atoms with Gasteiger partial charge in [0.15, 0.2) is 0 Å². The van der Waals surface area contributed by atoms with E-state index >= 15 is 0 Å². The third-order valence-electron chi connectivity index (χ3n) is 6.88. The fourth-order valence-electron chi connectivity index (χ4n) is 5.35. The van der Waals surface area contributed by atoms with Crippen LogP contribution in [0.4, 0.5) is 0 Å². The summed E-state index contributed by atoms with van der Waals surface area (Å²) in [7, 11) is 0. The average molecular weight is 908 g/mol. The molecule has 0 spiro atoms. The van der Waals surface area contributed by atoms with Crippen molar-refractivity contribution in [2.75, 3.05) is 23.9 Å². The molecule has 0 N–H and O–H groups in total. The first-order valence-electron chi connectivity index (χ1n) is 18.9. The third kappa shape index (κ3) is 27.9. The van der Waals surface area contributed by atoms with Gasteiger partial charge in [0, 0.05) is 11.5 Å². The summed E-state index contributed by atoms with van der Waals surface area (Å²) >= 11 is 21.8. The average Bonchev–Trinajstić information content (AvgIpc) is 2.93. The van der Waals surface area contributed by atoms with E-state index in [1.165, 1.54) is 22.8 Å². The molecule has 0 aliphatic heterocycles. The number of hydrogen-bond donors (Lipinski definition) is 1. The van der Waals surface area contributed by atoms with Crippen molar-refractivity contribution in [1.82, 2.24) is 0 Å². The second kappa shape index (κ2) is 27.9. The summed E-state index contributed by atoms with van der Waals surface area (Å²) in [6, 6.07) is 0. The van der Waals surface area contributed by atoms with E-state index in [-0.39, 0.29) is 49.0 Å². The largest absolute Gasteiger partial charge is 0.466 e. The van der Waals surface area contributed by atoms with E-state index in [1.54, 1.807) is 18.3 Å². The standard InChI is InChI=1S/C35H74O8P3S6/c1-16-37-35(36)17-18-50-44(47,42-33(14)23-51-45(48,38-29(10)19-25(2)3)39-30(11)20-26(4)5)43-34(15)24-52-46(49,40-31(12)21-27(6)7)41-32(13)22-28(8)9/h25-34,48H,16-24H2,1-15H3/q+1. The number of hydrogen-bond acceptors (Lipinski definition) is 14. The Balaban J connectivity index is 5.98. The van der Waals surface area contributed by atoms with Crippen LogP contribution in [-0.2, 0) is 60.3 Å². The lowest BCUT2D eigenvalue weighted by molar-refractivity contribution is -0.142. The van der Waals surface area contributed by atoms with E-state index in [1.807, 2.05) is 13.8 Å². The van der Waals surface area contributed by atoms with Crippen LogP contribution in [0.5, 0.6) is 0 Å². The van der Waals surface area contributed by atoms with Crippen molar-refractivity contribution in [2.24, 2.45) is 23.7 Å². The molecular weight excluding hydrogens is 834 g/mol. The normalized spacial score (nSPS) is 19.5. The highest BCUT2D eigenvalue weighted by atomic mass is 33.1. The highest BCUT2D eigenvalue weighted by Gasteiger charge is 2.45. The fourth-order valence-corrected chi connectivity index (χ4v) is 22.2. The van der Waals surface area contributed by atoms with Gasteiger partial charge >= 0.3 is 12.1 Å². The van der Waals surface area contributed by atoms with E-state index in [2.05, 4.69) is 83.1 Å². The lowest BCUT2D eigenvalue weighted by Crippen LogP contribution is -2.18. The summed E-state index contributed by atoms with van der Waals surface area (Å²) in [5, 5.41) is 0. The van der Waals surface area contributed by atoms with Crippen LogP contribution in [0.2, 0.25) is 0 Å². The summed E-state index contributed by atoms with van der Waals surface area (Å²) in [5.41, 5.74) is -5.64. The molecule has 0 aliphatic carbocycles. The van der Waals surface area contributed by atoms with E-state index in [9.17, 15) is 4.79 Å². The Labute approximate surface area is 347 Å². The molecule has 0 bridgehead atoms. The van der Waals surface area contributed by atoms with Crippen molar-refractivity contribution < 1.29 is 36.7 Å². The van der Waals surface area contributed by atoms with Gasteiger partial charge < -0.3 is 22.8 Å². The van der Waals surface area contributed by atoms with Gasteiger partial charge in [0.25, 0.3) is 0 Å². The zero-order valence-corrected chi connectivity index (χ0v) is 42.4. The molecule has 0 rings (SSSR count). The second-order valence-corrected chi connectivity index (χ2v) is 34.5. The summed E-state index contributed by atoms with van der Waals surface area (Å²) in [6.07, 6.45) is 0.590. The molecule has 312 valence electrons. The van der Waals surface area contributed by atoms with Crippen LogP contribution >= 0.6 is 63.9 Å². The summed E-state index contributed by atoms with van der Waals surface area (Å²) in [4.78, 5) is 12.2. The molecule has 0 saturated carbocycles. The minimum absolute atomic E-state index is 0.000453. The van der Waals surface area contributed by atoms with Crippen LogP contribution in [0, 0.1) is 23.7 Å². The Kier molecular flexibility index (Phi) is 29.2. The quantitative estimate of drug-likeness (QED) is 0.0408. The smallest absolute Gasteiger partial charge is 0.393 e. The third-order valence-corrected chi connectivity index (χ3v) is 23.6. The van der Waals surface area contributed by atoms with Crippen LogP contribution < -0.4 is 0 Å². The minimum Gasteiger partial charge on any atom is -0.466 e. The number of esters is 1. The summed E-state index contributed by atoms with van der Waals surface area (Å²) < 4.78 is 44.5. The van der Waals surface area contributed by atoms with E-state index < -0.39 is 17.5 Å². The highest BCUT2D eigenvalue weighted by molar-refractivity contribution is 8.87. The van der Waals surface area contributed by atoms with Gasteiger partial charge in [0.2, 0.25) is 11.4 Å². The Hall–Kier alpha value is 2.36. The molecule has 17 heteroatoms. The predicted octanol–water partition coefficient (Wildman–Crippen LogP) is 13.8. The van der Waals surface area contributed by atoms with E-state index in [0.717, 1.165) is 25.7 Å². The van der Waals surface area contributed by atoms with Crippen LogP contribution in [0.25, 0.3) is 0 Å². The first-order valence-corrected chi connectivity index (χ1v) is 31.7. The van der Waals surface area contributed by atoms with Crippen molar-refractivity contribution in [2.45, 2.75) is 173 Å². The maximum absolute atomic E-state index is 12.2. The van der Waals surface area contributed by atoms with Gasteiger partial charge in [-0.25, -0.2) is 0 Å². The highest BCUT2D eigenvalue weighted by Crippen LogP contribution is 2.77. The van der Waals surface area contributed by atoms with Gasteiger partial charge in [-0.05, 0) is 121 Å². The van der Waals surface area contributed by atoms with Gasteiger partial charge in [-0.2, -0.15) is 9.05 Å². The van der Waals surface area contributed by atoms with Crippen molar-refractivity contribution in [3.8, 4) is 0 Å². The first-order chi connectivity index (χ1) is 23.9. The molecule has 7 unspecified atom stereocenters. The molecule has 0 aromatic heterocycles. The Morgan fingerprint density at radius 3 is 1.37 bits per heavy atom. The molecule has 0 aliphatic rings. The first kappa shape index (κ1) is 54.4. The Morgan fingerprint density at radius 1 is 0.596 bits per heavy atom. The van der Waals surface area contributed by atoms with Crippen LogP contribution in [0.3, 0.4) is 0 Å². The van der Waals surface area contributed by atoms with E-state index in [0.29, 0.717) is 47.5 Å². The fraction of sp³-hybridized carbons (Fsp3) is 0.971. The van der Waals surface area contributed by atoms with Gasteiger partial charge in [0.05, 0.1) is 66.8 Å². The van der Waals surface area contributed by atoms with Crippen LogP contribution in [0.1, 0.15) is 136 Å². The SMILES string of the molecule is CCOC(=O)CCSP(=S)(OC(C)CSP(=S)(OC(C)CC(C)C)OC(C)CC(C)C)OC(C)CS[P+](S)(OC(C)CC(C)C)OC(C)CC(C)C. The molecule has 7 atom stereocenters. The molecule has 0 saturated heterocycles. The minimum atomic E-state index is -2.94. The van der Waals surface area contributed by atoms with Gasteiger partial charge in [-0.3, -0.25) is 4.79 Å². The molecule has 52 heavy (non-hydrogen) atoms. The molecular formula is C35H74O8P3S6+. The van der Waals surface area contributed by atoms with Crippen LogP contribution in [0.15, 0.2) is 0 Å². The summed E-state index contributed by atoms with van der Waals surface area (Å²) in [6.45, 7) is 31.9. The predicted molar refractivity (Wildman–Crippen MR) is 244 cm³/mol. The monoisotopic (exact) mass is 907 g/mol. The van der Waals surface area contributed by atoms with Gasteiger partial charge in [-0.1, -0.05) is 78.2 Å². The second-order valence-electron chi connectivity index (χ2n) is 15.4. The zero-order valence-electron chi connectivity index (χ0n) is 34.7. The molecule has 0 aromatic carbocycles. The maximum atomic E-state index is 12.2. The Bertz CT molecular complexity index is 1030. The zero-order chi connectivity index (χ0) is 40.3. The summed E-state index contributed by atoms with van der Waals surface area (Å²) in [5.74, 6) is 3.17.